The van der Waals surface area contributed by atoms with Gasteiger partial charge in [0, 0.05) is 24.4 Å². The number of furan rings is 1. The van der Waals surface area contributed by atoms with E-state index >= 15 is 0 Å². The highest BCUT2D eigenvalue weighted by atomic mass is 16.4. The van der Waals surface area contributed by atoms with Gasteiger partial charge < -0.3 is 20.3 Å². The molecule has 0 saturated heterocycles. The van der Waals surface area contributed by atoms with Crippen LogP contribution in [-0.2, 0) is 0 Å². The summed E-state index contributed by atoms with van der Waals surface area (Å²) in [5.74, 6) is 0.0682. The molecule has 1 aromatic heterocycles. The molecule has 110 valence electrons. The SMILES string of the molecule is NC(CCN(C(=O)c1coc2ccccc12)C1CC1)=NO. The number of carbonyl (C=O) groups is 1. The van der Waals surface area contributed by atoms with Gasteiger partial charge in [0.15, 0.2) is 0 Å². The number of para-hydroxylation sites is 1. The predicted octanol–water partition coefficient (Wildman–Crippen LogP) is 2.17. The van der Waals surface area contributed by atoms with E-state index in [1.807, 2.05) is 24.3 Å². The first-order chi connectivity index (χ1) is 10.2. The number of fused-ring (bicyclic) bond motifs is 1. The molecular formula is C15H17N3O3. The topological polar surface area (TPSA) is 92.1 Å². The zero-order chi connectivity index (χ0) is 14.8. The van der Waals surface area contributed by atoms with Crippen LogP contribution in [0, 0.1) is 0 Å². The minimum Gasteiger partial charge on any atom is -0.463 e. The van der Waals surface area contributed by atoms with Crippen LogP contribution in [0.2, 0.25) is 0 Å². The number of nitrogens with zero attached hydrogens (tertiary/aromatic N) is 2. The van der Waals surface area contributed by atoms with Crippen LogP contribution in [0.3, 0.4) is 0 Å². The number of oxime groups is 1. The average Bonchev–Trinajstić information content (AvgIpc) is 3.25. The number of carbonyl (C=O) groups excluding carboxylic acids is 1. The lowest BCUT2D eigenvalue weighted by atomic mass is 10.1. The second-order valence-corrected chi connectivity index (χ2v) is 5.22. The van der Waals surface area contributed by atoms with Crippen LogP contribution >= 0.6 is 0 Å². The van der Waals surface area contributed by atoms with Crippen molar-refractivity contribution in [1.82, 2.24) is 4.90 Å². The maximum atomic E-state index is 12.7. The smallest absolute Gasteiger partial charge is 0.258 e. The third kappa shape index (κ3) is 2.69. The number of hydrogen-bond donors (Lipinski definition) is 2. The lowest BCUT2D eigenvalue weighted by Gasteiger charge is -2.21. The average molecular weight is 287 g/mol. The van der Waals surface area contributed by atoms with Crippen LogP contribution in [0.15, 0.2) is 40.1 Å². The fourth-order valence-corrected chi connectivity index (χ4v) is 2.42. The summed E-state index contributed by atoms with van der Waals surface area (Å²) in [4.78, 5) is 14.5. The molecule has 1 saturated carbocycles. The lowest BCUT2D eigenvalue weighted by Crippen LogP contribution is -2.35. The molecule has 3 rings (SSSR count). The molecule has 0 aliphatic heterocycles. The Balaban J connectivity index is 1.84. The maximum absolute atomic E-state index is 12.7. The Kier molecular flexibility index (Phi) is 3.51. The standard InChI is InChI=1S/C15H17N3O3/c16-14(17-20)7-8-18(10-5-6-10)15(19)12-9-21-13-4-2-1-3-11(12)13/h1-4,9-10,20H,5-8H2,(H2,16,17). The third-order valence-electron chi connectivity index (χ3n) is 3.70. The van der Waals surface area contributed by atoms with Crippen molar-refractivity contribution in [2.24, 2.45) is 10.9 Å². The van der Waals surface area contributed by atoms with Gasteiger partial charge in [0.25, 0.3) is 5.91 Å². The van der Waals surface area contributed by atoms with Crippen molar-refractivity contribution in [3.63, 3.8) is 0 Å². The Bertz CT molecular complexity index is 688. The van der Waals surface area contributed by atoms with E-state index in [9.17, 15) is 4.79 Å². The van der Waals surface area contributed by atoms with Crippen LogP contribution < -0.4 is 5.73 Å². The minimum atomic E-state index is -0.0619. The molecule has 3 N–H and O–H groups in total. The molecule has 6 nitrogen and oxygen atoms in total. The van der Waals surface area contributed by atoms with E-state index in [4.69, 9.17) is 15.4 Å². The number of rotatable bonds is 5. The van der Waals surface area contributed by atoms with E-state index in [0.717, 1.165) is 18.2 Å². The van der Waals surface area contributed by atoms with Crippen molar-refractivity contribution in [3.8, 4) is 0 Å². The van der Waals surface area contributed by atoms with Gasteiger partial charge in [-0.25, -0.2) is 0 Å². The van der Waals surface area contributed by atoms with E-state index in [0.29, 0.717) is 24.1 Å². The number of amides is 1. The van der Waals surface area contributed by atoms with Gasteiger partial charge in [-0.3, -0.25) is 4.79 Å². The fourth-order valence-electron chi connectivity index (χ4n) is 2.42. The molecule has 1 aliphatic rings. The first kappa shape index (κ1) is 13.5. The van der Waals surface area contributed by atoms with E-state index in [1.165, 1.54) is 6.26 Å². The van der Waals surface area contributed by atoms with Crippen LogP contribution in [0.4, 0.5) is 0 Å². The fraction of sp³-hybridized carbons (Fsp3) is 0.333. The summed E-state index contributed by atoms with van der Waals surface area (Å²) in [5.41, 5.74) is 6.76. The normalized spacial score (nSPS) is 15.3. The van der Waals surface area contributed by atoms with Crippen molar-refractivity contribution in [1.29, 1.82) is 0 Å². The third-order valence-corrected chi connectivity index (χ3v) is 3.70. The Hall–Kier alpha value is -2.50. The molecule has 0 atom stereocenters. The molecule has 1 fully saturated rings. The number of hydrogen-bond acceptors (Lipinski definition) is 4. The van der Waals surface area contributed by atoms with E-state index in [-0.39, 0.29) is 17.8 Å². The Morgan fingerprint density at radius 3 is 2.90 bits per heavy atom. The van der Waals surface area contributed by atoms with Gasteiger partial charge in [0.05, 0.1) is 5.56 Å². The van der Waals surface area contributed by atoms with E-state index < -0.39 is 0 Å². The zero-order valence-corrected chi connectivity index (χ0v) is 11.5. The highest BCUT2D eigenvalue weighted by molar-refractivity contribution is 6.06. The Morgan fingerprint density at radius 1 is 1.43 bits per heavy atom. The molecule has 1 aromatic carbocycles. The summed E-state index contributed by atoms with van der Waals surface area (Å²) in [6, 6.07) is 7.71. The highest BCUT2D eigenvalue weighted by Crippen LogP contribution is 2.30. The summed E-state index contributed by atoms with van der Waals surface area (Å²) in [6.07, 6.45) is 3.86. The first-order valence-corrected chi connectivity index (χ1v) is 6.94. The molecule has 0 spiro atoms. The highest BCUT2D eigenvalue weighted by Gasteiger charge is 2.34. The molecule has 1 heterocycles. The second-order valence-electron chi connectivity index (χ2n) is 5.22. The van der Waals surface area contributed by atoms with Crippen LogP contribution in [0.5, 0.6) is 0 Å². The molecule has 1 aliphatic carbocycles. The lowest BCUT2D eigenvalue weighted by molar-refractivity contribution is 0.0748. The van der Waals surface area contributed by atoms with Gasteiger partial charge in [-0.05, 0) is 18.9 Å². The first-order valence-electron chi connectivity index (χ1n) is 6.94. The van der Waals surface area contributed by atoms with E-state index in [2.05, 4.69) is 5.16 Å². The van der Waals surface area contributed by atoms with Gasteiger partial charge in [0.2, 0.25) is 0 Å². The number of benzene rings is 1. The molecular weight excluding hydrogens is 270 g/mol. The predicted molar refractivity (Wildman–Crippen MR) is 78.3 cm³/mol. The summed E-state index contributed by atoms with van der Waals surface area (Å²) in [5, 5.41) is 12.4. The largest absolute Gasteiger partial charge is 0.463 e. The van der Waals surface area contributed by atoms with Gasteiger partial charge in [-0.2, -0.15) is 0 Å². The molecule has 6 heteroatoms. The zero-order valence-electron chi connectivity index (χ0n) is 11.5. The van der Waals surface area contributed by atoms with Crippen molar-refractivity contribution in [2.75, 3.05) is 6.54 Å². The minimum absolute atomic E-state index is 0.0619. The van der Waals surface area contributed by atoms with Crippen molar-refractivity contribution in [3.05, 3.63) is 36.1 Å². The number of amidine groups is 1. The van der Waals surface area contributed by atoms with Crippen LogP contribution in [-0.4, -0.2) is 34.4 Å². The summed E-state index contributed by atoms with van der Waals surface area (Å²) in [7, 11) is 0. The quantitative estimate of drug-likeness (QED) is 0.381. The van der Waals surface area contributed by atoms with Crippen molar-refractivity contribution >= 4 is 22.7 Å². The van der Waals surface area contributed by atoms with E-state index in [1.54, 1.807) is 4.90 Å². The molecule has 1 amide bonds. The van der Waals surface area contributed by atoms with Gasteiger partial charge in [-0.15, -0.1) is 0 Å². The Morgan fingerprint density at radius 2 is 2.19 bits per heavy atom. The van der Waals surface area contributed by atoms with Gasteiger partial charge in [-0.1, -0.05) is 23.4 Å². The van der Waals surface area contributed by atoms with Crippen LogP contribution in [0.25, 0.3) is 11.0 Å². The van der Waals surface area contributed by atoms with Crippen molar-refractivity contribution < 1.29 is 14.4 Å². The Labute approximate surface area is 121 Å². The molecule has 0 unspecified atom stereocenters. The maximum Gasteiger partial charge on any atom is 0.258 e. The van der Waals surface area contributed by atoms with Gasteiger partial charge >= 0.3 is 0 Å². The molecule has 2 aromatic rings. The monoisotopic (exact) mass is 287 g/mol. The summed E-state index contributed by atoms with van der Waals surface area (Å²) >= 11 is 0. The van der Waals surface area contributed by atoms with Crippen LogP contribution in [0.1, 0.15) is 29.6 Å². The second kappa shape index (κ2) is 5.47. The van der Waals surface area contributed by atoms with Crippen molar-refractivity contribution in [2.45, 2.75) is 25.3 Å². The molecule has 0 radical (unpaired) electrons. The molecule has 21 heavy (non-hydrogen) atoms. The molecule has 0 bridgehead atoms. The van der Waals surface area contributed by atoms with Gasteiger partial charge in [0.1, 0.15) is 17.7 Å². The summed E-state index contributed by atoms with van der Waals surface area (Å²) < 4.78 is 5.43. The summed E-state index contributed by atoms with van der Waals surface area (Å²) in [6.45, 7) is 0.443. The number of nitrogens with two attached hydrogens (primary N) is 1.